The van der Waals surface area contributed by atoms with Crippen molar-refractivity contribution in [3.05, 3.63) is 33.8 Å². The number of halogens is 1. The van der Waals surface area contributed by atoms with Crippen LogP contribution in [0.15, 0.2) is 22.7 Å². The molecule has 1 aromatic rings. The van der Waals surface area contributed by atoms with Crippen LogP contribution in [0.2, 0.25) is 0 Å². The van der Waals surface area contributed by atoms with Crippen LogP contribution >= 0.6 is 15.9 Å². The zero-order chi connectivity index (χ0) is 13.8. The van der Waals surface area contributed by atoms with Crippen molar-refractivity contribution in [3.8, 4) is 0 Å². The second-order valence-electron chi connectivity index (χ2n) is 5.78. The predicted molar refractivity (Wildman–Crippen MR) is 85.6 cm³/mol. The molecule has 0 aromatic heterocycles. The number of fused-ring (bicyclic) bond motifs is 1. The first kappa shape index (κ1) is 15.0. The Kier molecular flexibility index (Phi) is 5.43. The van der Waals surface area contributed by atoms with E-state index in [9.17, 15) is 0 Å². The molecule has 0 saturated heterocycles. The molecule has 2 rings (SSSR count). The molecular weight excluding hydrogens is 300 g/mol. The molecule has 0 spiro atoms. The molecule has 2 nitrogen and oxygen atoms in total. The first-order valence-electron chi connectivity index (χ1n) is 7.30. The van der Waals surface area contributed by atoms with Crippen molar-refractivity contribution in [1.82, 2.24) is 10.2 Å². The third-order valence-corrected chi connectivity index (χ3v) is 4.92. The fourth-order valence-electron chi connectivity index (χ4n) is 2.68. The van der Waals surface area contributed by atoms with Gasteiger partial charge < -0.3 is 10.2 Å². The average Bonchev–Trinajstić information content (AvgIpc) is 2.79. The molecule has 1 N–H and O–H groups in total. The lowest BCUT2D eigenvalue weighted by Crippen LogP contribution is -2.30. The van der Waals surface area contributed by atoms with Crippen LogP contribution in [0.25, 0.3) is 0 Å². The van der Waals surface area contributed by atoms with E-state index in [0.29, 0.717) is 12.1 Å². The van der Waals surface area contributed by atoms with Crippen LogP contribution in [-0.2, 0) is 6.42 Å². The van der Waals surface area contributed by atoms with Crippen molar-refractivity contribution in [3.63, 3.8) is 0 Å². The fourth-order valence-corrected chi connectivity index (χ4v) is 3.26. The molecule has 0 bridgehead atoms. The number of nitrogens with one attached hydrogen (secondary N) is 1. The monoisotopic (exact) mass is 324 g/mol. The average molecular weight is 325 g/mol. The summed E-state index contributed by atoms with van der Waals surface area (Å²) in [6, 6.07) is 7.76. The zero-order valence-corrected chi connectivity index (χ0v) is 13.8. The van der Waals surface area contributed by atoms with E-state index in [1.165, 1.54) is 41.4 Å². The SMILES string of the molecule is CC(C)N(C)CCCNC1CCc2c(Br)cccc21. The summed E-state index contributed by atoms with van der Waals surface area (Å²) >= 11 is 3.66. The number of rotatable bonds is 6. The molecule has 1 aliphatic rings. The molecule has 0 amide bonds. The van der Waals surface area contributed by atoms with Crippen molar-refractivity contribution in [2.75, 3.05) is 20.1 Å². The highest BCUT2D eigenvalue weighted by molar-refractivity contribution is 9.10. The Hall–Kier alpha value is -0.380. The van der Waals surface area contributed by atoms with Gasteiger partial charge in [0.05, 0.1) is 0 Å². The molecular formula is C16H25BrN2. The zero-order valence-electron chi connectivity index (χ0n) is 12.2. The van der Waals surface area contributed by atoms with Gasteiger partial charge in [-0.1, -0.05) is 28.1 Å². The Morgan fingerprint density at radius 1 is 1.42 bits per heavy atom. The Bertz CT molecular complexity index is 417. The van der Waals surface area contributed by atoms with Crippen LogP contribution < -0.4 is 5.32 Å². The molecule has 1 aliphatic carbocycles. The molecule has 0 heterocycles. The van der Waals surface area contributed by atoms with Gasteiger partial charge in [0, 0.05) is 16.6 Å². The van der Waals surface area contributed by atoms with Gasteiger partial charge in [0.25, 0.3) is 0 Å². The van der Waals surface area contributed by atoms with E-state index in [1.54, 1.807) is 0 Å². The van der Waals surface area contributed by atoms with Crippen LogP contribution in [0.5, 0.6) is 0 Å². The van der Waals surface area contributed by atoms with Gasteiger partial charge >= 0.3 is 0 Å². The molecule has 0 radical (unpaired) electrons. The van der Waals surface area contributed by atoms with Crippen molar-refractivity contribution < 1.29 is 0 Å². The largest absolute Gasteiger partial charge is 0.310 e. The quantitative estimate of drug-likeness (QED) is 0.801. The fraction of sp³-hybridized carbons (Fsp3) is 0.625. The van der Waals surface area contributed by atoms with Crippen LogP contribution in [0.3, 0.4) is 0 Å². The number of nitrogens with zero attached hydrogens (tertiary/aromatic N) is 1. The molecule has 1 aromatic carbocycles. The van der Waals surface area contributed by atoms with Crippen LogP contribution in [0.1, 0.15) is 43.9 Å². The van der Waals surface area contributed by atoms with Gasteiger partial charge in [-0.2, -0.15) is 0 Å². The van der Waals surface area contributed by atoms with Crippen molar-refractivity contribution >= 4 is 15.9 Å². The van der Waals surface area contributed by atoms with E-state index in [0.717, 1.165) is 6.54 Å². The third kappa shape index (κ3) is 3.80. The third-order valence-electron chi connectivity index (χ3n) is 4.17. The van der Waals surface area contributed by atoms with E-state index < -0.39 is 0 Å². The normalized spacial score (nSPS) is 18.3. The first-order valence-corrected chi connectivity index (χ1v) is 8.10. The first-order chi connectivity index (χ1) is 9.09. The van der Waals surface area contributed by atoms with Gasteiger partial charge in [-0.05, 0) is 70.4 Å². The van der Waals surface area contributed by atoms with Crippen LogP contribution in [0.4, 0.5) is 0 Å². The number of benzene rings is 1. The van der Waals surface area contributed by atoms with Crippen molar-refractivity contribution in [2.45, 2.75) is 45.2 Å². The lowest BCUT2D eigenvalue weighted by Gasteiger charge is -2.21. The van der Waals surface area contributed by atoms with E-state index in [-0.39, 0.29) is 0 Å². The summed E-state index contributed by atoms with van der Waals surface area (Å²) in [5.74, 6) is 0. The molecule has 0 aliphatic heterocycles. The maximum atomic E-state index is 3.71. The highest BCUT2D eigenvalue weighted by Gasteiger charge is 2.23. The minimum absolute atomic E-state index is 0.553. The standard InChI is InChI=1S/C16H25BrN2/c1-12(2)19(3)11-5-10-18-16-9-8-13-14(16)6-4-7-15(13)17/h4,6-7,12,16,18H,5,8-11H2,1-3H3. The Morgan fingerprint density at radius 2 is 2.21 bits per heavy atom. The molecule has 106 valence electrons. The van der Waals surface area contributed by atoms with Crippen LogP contribution in [-0.4, -0.2) is 31.1 Å². The summed E-state index contributed by atoms with van der Waals surface area (Å²) in [4.78, 5) is 2.40. The lowest BCUT2D eigenvalue weighted by atomic mass is 10.1. The highest BCUT2D eigenvalue weighted by Crippen LogP contribution is 2.35. The minimum Gasteiger partial charge on any atom is -0.310 e. The second kappa shape index (κ2) is 6.87. The van der Waals surface area contributed by atoms with Gasteiger partial charge in [0.2, 0.25) is 0 Å². The second-order valence-corrected chi connectivity index (χ2v) is 6.64. The number of hydrogen-bond acceptors (Lipinski definition) is 2. The van der Waals surface area contributed by atoms with Crippen LogP contribution in [0, 0.1) is 0 Å². The molecule has 1 atom stereocenters. The van der Waals surface area contributed by atoms with Crippen molar-refractivity contribution in [2.24, 2.45) is 0 Å². The smallest absolute Gasteiger partial charge is 0.0326 e. The van der Waals surface area contributed by atoms with Gasteiger partial charge in [0.1, 0.15) is 0 Å². The van der Waals surface area contributed by atoms with E-state index >= 15 is 0 Å². The summed E-state index contributed by atoms with van der Waals surface area (Å²) in [5.41, 5.74) is 2.99. The van der Waals surface area contributed by atoms with Crippen molar-refractivity contribution in [1.29, 1.82) is 0 Å². The van der Waals surface area contributed by atoms with E-state index in [2.05, 4.69) is 65.2 Å². The topological polar surface area (TPSA) is 15.3 Å². The molecule has 19 heavy (non-hydrogen) atoms. The summed E-state index contributed by atoms with van der Waals surface area (Å²) in [7, 11) is 2.20. The van der Waals surface area contributed by atoms with Gasteiger partial charge in [-0.3, -0.25) is 0 Å². The van der Waals surface area contributed by atoms with Gasteiger partial charge in [0.15, 0.2) is 0 Å². The molecule has 1 unspecified atom stereocenters. The summed E-state index contributed by atoms with van der Waals surface area (Å²) in [6.45, 7) is 6.77. The molecule has 0 fully saturated rings. The molecule has 0 saturated carbocycles. The van der Waals surface area contributed by atoms with E-state index in [4.69, 9.17) is 0 Å². The van der Waals surface area contributed by atoms with E-state index in [1.807, 2.05) is 0 Å². The lowest BCUT2D eigenvalue weighted by molar-refractivity contribution is 0.267. The summed E-state index contributed by atoms with van der Waals surface area (Å²) in [5, 5.41) is 3.71. The van der Waals surface area contributed by atoms with Gasteiger partial charge in [-0.15, -0.1) is 0 Å². The molecule has 3 heteroatoms. The summed E-state index contributed by atoms with van der Waals surface area (Å²) < 4.78 is 1.27. The summed E-state index contributed by atoms with van der Waals surface area (Å²) in [6.07, 6.45) is 3.65. The van der Waals surface area contributed by atoms with Gasteiger partial charge in [-0.25, -0.2) is 0 Å². The Labute approximate surface area is 125 Å². The maximum absolute atomic E-state index is 3.71. The Balaban J connectivity index is 1.79. The Morgan fingerprint density at radius 3 is 2.95 bits per heavy atom. The predicted octanol–water partition coefficient (Wildman–Crippen LogP) is 3.76. The highest BCUT2D eigenvalue weighted by atomic mass is 79.9. The maximum Gasteiger partial charge on any atom is 0.0326 e. The number of hydrogen-bond donors (Lipinski definition) is 1. The minimum atomic E-state index is 0.553.